The molecule has 1 rings (SSSR count). The van der Waals surface area contributed by atoms with Crippen LogP contribution < -0.4 is 5.32 Å². The number of rotatable bonds is 6. The lowest BCUT2D eigenvalue weighted by Gasteiger charge is -2.37. The van der Waals surface area contributed by atoms with Crippen LogP contribution in [0.4, 0.5) is 0 Å². The van der Waals surface area contributed by atoms with E-state index in [-0.39, 0.29) is 0 Å². The second-order valence-corrected chi connectivity index (χ2v) is 4.48. The van der Waals surface area contributed by atoms with Crippen molar-refractivity contribution in [1.29, 1.82) is 0 Å². The Morgan fingerprint density at radius 1 is 1.38 bits per heavy atom. The molecule has 0 bridgehead atoms. The first-order chi connectivity index (χ1) is 6.24. The molecule has 0 spiro atoms. The fraction of sp³-hybridized carbons (Fsp3) is 1.00. The van der Waals surface area contributed by atoms with E-state index in [1.807, 2.05) is 0 Å². The largest absolute Gasteiger partial charge is 0.314 e. The topological polar surface area (TPSA) is 15.3 Å². The maximum Gasteiger partial charge on any atom is 0.0345 e. The first kappa shape index (κ1) is 11.0. The summed E-state index contributed by atoms with van der Waals surface area (Å²) in [5.41, 5.74) is 0. The molecule has 0 radical (unpaired) electrons. The molecule has 0 aromatic rings. The van der Waals surface area contributed by atoms with Gasteiger partial charge in [0, 0.05) is 19.1 Å². The van der Waals surface area contributed by atoms with Crippen LogP contribution in [0.2, 0.25) is 0 Å². The van der Waals surface area contributed by atoms with Gasteiger partial charge in [-0.05, 0) is 31.8 Å². The Morgan fingerprint density at radius 3 is 2.46 bits per heavy atom. The number of hydrogen-bond acceptors (Lipinski definition) is 2. The van der Waals surface area contributed by atoms with Crippen molar-refractivity contribution in [1.82, 2.24) is 10.2 Å². The van der Waals surface area contributed by atoms with Crippen molar-refractivity contribution in [3.63, 3.8) is 0 Å². The molecular weight excluding hydrogens is 160 g/mol. The molecule has 1 saturated heterocycles. The van der Waals surface area contributed by atoms with E-state index in [9.17, 15) is 0 Å². The number of hydrogen-bond donors (Lipinski definition) is 1. The van der Waals surface area contributed by atoms with Gasteiger partial charge in [-0.1, -0.05) is 20.8 Å². The van der Waals surface area contributed by atoms with Crippen molar-refractivity contribution in [3.8, 4) is 0 Å². The molecule has 0 aromatic carbocycles. The summed E-state index contributed by atoms with van der Waals surface area (Å²) in [6, 6.07) is 0.831. The minimum atomic E-state index is 0.831. The maximum atomic E-state index is 3.33. The van der Waals surface area contributed by atoms with Gasteiger partial charge in [-0.3, -0.25) is 4.90 Å². The number of nitrogens with zero attached hydrogens (tertiary/aromatic N) is 1. The summed E-state index contributed by atoms with van der Waals surface area (Å²) in [7, 11) is 0. The maximum absolute atomic E-state index is 3.33. The predicted octanol–water partition coefficient (Wildman–Crippen LogP) is 1.72. The molecule has 13 heavy (non-hydrogen) atoms. The zero-order valence-electron chi connectivity index (χ0n) is 9.34. The molecule has 1 aliphatic rings. The Labute approximate surface area is 82.7 Å². The summed E-state index contributed by atoms with van der Waals surface area (Å²) < 4.78 is 0. The zero-order valence-corrected chi connectivity index (χ0v) is 9.34. The summed E-state index contributed by atoms with van der Waals surface area (Å²) in [6.45, 7) is 11.8. The Morgan fingerprint density at radius 2 is 2.08 bits per heavy atom. The molecule has 78 valence electrons. The van der Waals surface area contributed by atoms with Gasteiger partial charge in [0.25, 0.3) is 0 Å². The first-order valence-electron chi connectivity index (χ1n) is 5.68. The van der Waals surface area contributed by atoms with Crippen LogP contribution >= 0.6 is 0 Å². The molecule has 0 aliphatic carbocycles. The highest BCUT2D eigenvalue weighted by Gasteiger charge is 2.22. The van der Waals surface area contributed by atoms with E-state index in [4.69, 9.17) is 0 Å². The SMILES string of the molecule is CCN(CCCC(C)C)C1CNC1. The summed E-state index contributed by atoms with van der Waals surface area (Å²) in [5.74, 6) is 0.859. The highest BCUT2D eigenvalue weighted by molar-refractivity contribution is 4.83. The molecule has 0 aromatic heterocycles. The van der Waals surface area contributed by atoms with E-state index >= 15 is 0 Å². The summed E-state index contributed by atoms with van der Waals surface area (Å²) in [5, 5.41) is 3.33. The molecule has 1 N–H and O–H groups in total. The number of nitrogens with one attached hydrogen (secondary N) is 1. The van der Waals surface area contributed by atoms with Crippen LogP contribution in [0, 0.1) is 5.92 Å². The highest BCUT2D eigenvalue weighted by Crippen LogP contribution is 2.09. The first-order valence-corrected chi connectivity index (χ1v) is 5.68. The Bertz CT molecular complexity index is 130. The van der Waals surface area contributed by atoms with Crippen LogP contribution in [-0.2, 0) is 0 Å². The molecule has 0 saturated carbocycles. The van der Waals surface area contributed by atoms with Gasteiger partial charge in [-0.25, -0.2) is 0 Å². The fourth-order valence-corrected chi connectivity index (χ4v) is 1.83. The van der Waals surface area contributed by atoms with Crippen molar-refractivity contribution in [2.75, 3.05) is 26.2 Å². The minimum absolute atomic E-state index is 0.831. The Balaban J connectivity index is 2.08. The normalized spacial score (nSPS) is 18.2. The van der Waals surface area contributed by atoms with Crippen LogP contribution in [0.15, 0.2) is 0 Å². The second kappa shape index (κ2) is 5.61. The molecule has 0 atom stereocenters. The smallest absolute Gasteiger partial charge is 0.0345 e. The van der Waals surface area contributed by atoms with Crippen LogP contribution in [0.1, 0.15) is 33.6 Å². The lowest BCUT2D eigenvalue weighted by Crippen LogP contribution is -2.57. The summed E-state index contributed by atoms with van der Waals surface area (Å²) in [4.78, 5) is 2.61. The van der Waals surface area contributed by atoms with Gasteiger partial charge in [0.05, 0.1) is 0 Å². The van der Waals surface area contributed by atoms with E-state index < -0.39 is 0 Å². The third kappa shape index (κ3) is 3.65. The average molecular weight is 184 g/mol. The van der Waals surface area contributed by atoms with E-state index in [1.54, 1.807) is 0 Å². The van der Waals surface area contributed by atoms with Gasteiger partial charge in [-0.15, -0.1) is 0 Å². The van der Waals surface area contributed by atoms with Crippen molar-refractivity contribution in [3.05, 3.63) is 0 Å². The van der Waals surface area contributed by atoms with Crippen molar-refractivity contribution >= 4 is 0 Å². The van der Waals surface area contributed by atoms with E-state index in [1.165, 1.54) is 39.0 Å². The lowest BCUT2D eigenvalue weighted by molar-refractivity contribution is 0.149. The third-order valence-electron chi connectivity index (χ3n) is 2.91. The molecule has 2 heteroatoms. The second-order valence-electron chi connectivity index (χ2n) is 4.48. The van der Waals surface area contributed by atoms with Crippen molar-refractivity contribution < 1.29 is 0 Å². The van der Waals surface area contributed by atoms with Crippen LogP contribution in [0.25, 0.3) is 0 Å². The van der Waals surface area contributed by atoms with Gasteiger partial charge >= 0.3 is 0 Å². The monoisotopic (exact) mass is 184 g/mol. The molecule has 1 heterocycles. The van der Waals surface area contributed by atoms with Crippen LogP contribution in [0.3, 0.4) is 0 Å². The van der Waals surface area contributed by atoms with E-state index in [0.29, 0.717) is 0 Å². The van der Waals surface area contributed by atoms with Crippen molar-refractivity contribution in [2.45, 2.75) is 39.7 Å². The van der Waals surface area contributed by atoms with Gasteiger partial charge in [0.15, 0.2) is 0 Å². The van der Waals surface area contributed by atoms with Gasteiger partial charge < -0.3 is 5.32 Å². The molecule has 0 unspecified atom stereocenters. The van der Waals surface area contributed by atoms with Crippen LogP contribution in [0.5, 0.6) is 0 Å². The number of likely N-dealkylation sites (N-methyl/N-ethyl adjacent to an activating group) is 1. The lowest BCUT2D eigenvalue weighted by atomic mass is 10.1. The fourth-order valence-electron chi connectivity index (χ4n) is 1.83. The predicted molar refractivity (Wildman–Crippen MR) is 58.0 cm³/mol. The quantitative estimate of drug-likeness (QED) is 0.676. The van der Waals surface area contributed by atoms with Crippen molar-refractivity contribution in [2.24, 2.45) is 5.92 Å². The molecule has 1 aliphatic heterocycles. The molecule has 0 amide bonds. The van der Waals surface area contributed by atoms with Gasteiger partial charge in [0.2, 0.25) is 0 Å². The molecule has 1 fully saturated rings. The zero-order chi connectivity index (χ0) is 9.68. The Hall–Kier alpha value is -0.0800. The standard InChI is InChI=1S/C11H24N2/c1-4-13(11-8-12-9-11)7-5-6-10(2)3/h10-12H,4-9H2,1-3H3. The van der Waals surface area contributed by atoms with Gasteiger partial charge in [-0.2, -0.15) is 0 Å². The van der Waals surface area contributed by atoms with E-state index in [2.05, 4.69) is 31.0 Å². The third-order valence-corrected chi connectivity index (χ3v) is 2.91. The summed E-state index contributed by atoms with van der Waals surface area (Å²) >= 11 is 0. The van der Waals surface area contributed by atoms with Crippen LogP contribution in [-0.4, -0.2) is 37.1 Å². The molecular formula is C11H24N2. The molecule has 2 nitrogen and oxygen atoms in total. The average Bonchev–Trinajstić information content (AvgIpc) is 1.98. The highest BCUT2D eigenvalue weighted by atomic mass is 15.2. The minimum Gasteiger partial charge on any atom is -0.314 e. The van der Waals surface area contributed by atoms with Gasteiger partial charge in [0.1, 0.15) is 0 Å². The summed E-state index contributed by atoms with van der Waals surface area (Å²) in [6.07, 6.45) is 2.73. The van der Waals surface area contributed by atoms with E-state index in [0.717, 1.165) is 12.0 Å². The Kier molecular flexibility index (Phi) is 4.74.